The van der Waals surface area contributed by atoms with Gasteiger partial charge in [0.15, 0.2) is 23.1 Å². The minimum Gasteiger partial charge on any atom is -0.504 e. The molecule has 250 valence electrons. The second-order valence-electron chi connectivity index (χ2n) is 13.3. The number of Topliss-reactive ketones (excluding diaryl/α,β-unsaturated/α-hetero) is 1. The molecule has 0 spiro atoms. The van der Waals surface area contributed by atoms with Crippen LogP contribution in [0.3, 0.4) is 0 Å². The van der Waals surface area contributed by atoms with Crippen molar-refractivity contribution in [2.75, 3.05) is 12.0 Å². The summed E-state index contributed by atoms with van der Waals surface area (Å²) in [6, 6.07) is 28.4. The molecule has 0 aromatic heterocycles. The standard InChI is InChI=1S/C41H31BrClNO6/c1-50-33-19-24(42)18-31(38(33)47)36-27-16-17-28-35(40(49)44(39(28)48)26-14-12-25(43)13-15-26)30(27)20-32-37(46)29(22-8-4-2-5-9-22)21-34(45)41(32,36)23-10-6-3-7-11-23/h2-16,18-19,21,28,30,32,35-36,47H,17,20H2,1H3/t28-,30+,32-,35-,36+,41-/m0/s1. The third-order valence-corrected chi connectivity index (χ3v) is 11.8. The highest BCUT2D eigenvalue weighted by molar-refractivity contribution is 9.10. The number of aromatic hydroxyl groups is 1. The Labute approximate surface area is 302 Å². The molecule has 7 nitrogen and oxygen atoms in total. The van der Waals surface area contributed by atoms with E-state index in [0.717, 1.165) is 5.57 Å². The number of ether oxygens (including phenoxy) is 1. The van der Waals surface area contributed by atoms with Gasteiger partial charge in [0.2, 0.25) is 11.8 Å². The highest BCUT2D eigenvalue weighted by Crippen LogP contribution is 2.65. The molecule has 9 heteroatoms. The molecule has 0 radical (unpaired) electrons. The van der Waals surface area contributed by atoms with E-state index in [1.807, 2.05) is 66.7 Å². The number of halogens is 2. The number of nitrogens with zero attached hydrogens (tertiary/aromatic N) is 1. The largest absolute Gasteiger partial charge is 0.504 e. The normalized spacial score (nSPS) is 27.3. The van der Waals surface area contributed by atoms with Crippen molar-refractivity contribution < 1.29 is 29.0 Å². The molecule has 8 rings (SSSR count). The van der Waals surface area contributed by atoms with Crippen LogP contribution in [0.1, 0.15) is 35.4 Å². The van der Waals surface area contributed by atoms with Crippen LogP contribution in [0.4, 0.5) is 5.69 Å². The Hall–Kier alpha value is -4.79. The summed E-state index contributed by atoms with van der Waals surface area (Å²) in [6.07, 6.45) is 3.84. The van der Waals surface area contributed by atoms with Gasteiger partial charge in [-0.15, -0.1) is 0 Å². The summed E-state index contributed by atoms with van der Waals surface area (Å²) in [4.78, 5) is 60.0. The highest BCUT2D eigenvalue weighted by Gasteiger charge is 2.66. The fraction of sp³-hybridized carbons (Fsp3) is 0.220. The fourth-order valence-corrected chi connectivity index (χ4v) is 9.61. The van der Waals surface area contributed by atoms with Gasteiger partial charge in [-0.05, 0) is 72.4 Å². The average molecular weight is 749 g/mol. The zero-order valence-electron chi connectivity index (χ0n) is 26.9. The summed E-state index contributed by atoms with van der Waals surface area (Å²) < 4.78 is 6.19. The molecule has 1 N–H and O–H groups in total. The zero-order chi connectivity index (χ0) is 34.9. The van der Waals surface area contributed by atoms with Gasteiger partial charge in [-0.3, -0.25) is 24.1 Å². The number of benzene rings is 4. The third-order valence-electron chi connectivity index (χ3n) is 11.1. The van der Waals surface area contributed by atoms with Crippen LogP contribution < -0.4 is 9.64 Å². The minimum atomic E-state index is -1.48. The van der Waals surface area contributed by atoms with Crippen molar-refractivity contribution in [1.29, 1.82) is 0 Å². The molecular weight excluding hydrogens is 718 g/mol. The number of imide groups is 1. The third kappa shape index (κ3) is 4.68. The predicted molar refractivity (Wildman–Crippen MR) is 193 cm³/mol. The molecule has 4 aromatic carbocycles. The van der Waals surface area contributed by atoms with E-state index in [1.54, 1.807) is 36.4 Å². The number of carbonyl (C=O) groups excluding carboxylic acids is 4. The van der Waals surface area contributed by atoms with Gasteiger partial charge in [-0.25, -0.2) is 0 Å². The molecule has 6 atom stereocenters. The lowest BCUT2D eigenvalue weighted by atomic mass is 9.44. The molecule has 0 unspecified atom stereocenters. The maximum absolute atomic E-state index is 15.2. The van der Waals surface area contributed by atoms with Crippen LogP contribution in [0.15, 0.2) is 119 Å². The molecule has 0 bridgehead atoms. The Morgan fingerprint density at radius 3 is 2.24 bits per heavy atom. The van der Waals surface area contributed by atoms with Gasteiger partial charge < -0.3 is 9.84 Å². The maximum atomic E-state index is 15.2. The Balaban J connectivity index is 1.39. The van der Waals surface area contributed by atoms with Crippen LogP contribution in [0.5, 0.6) is 11.5 Å². The molecule has 2 amide bonds. The number of methoxy groups -OCH3 is 1. The molecule has 4 aromatic rings. The second-order valence-corrected chi connectivity index (χ2v) is 14.7. The molecular formula is C41H31BrClNO6. The van der Waals surface area contributed by atoms with E-state index in [4.69, 9.17) is 16.3 Å². The van der Waals surface area contributed by atoms with E-state index in [0.29, 0.717) is 37.4 Å². The van der Waals surface area contributed by atoms with E-state index in [1.165, 1.54) is 18.1 Å². The lowest BCUT2D eigenvalue weighted by Crippen LogP contribution is -2.58. The molecule has 1 aliphatic heterocycles. The number of allylic oxidation sites excluding steroid dienone is 4. The topological polar surface area (TPSA) is 101 Å². The van der Waals surface area contributed by atoms with E-state index >= 15 is 9.59 Å². The van der Waals surface area contributed by atoms with Crippen LogP contribution in [0, 0.1) is 23.7 Å². The molecule has 50 heavy (non-hydrogen) atoms. The number of carbonyl (C=O) groups is 4. The van der Waals surface area contributed by atoms with Crippen molar-refractivity contribution >= 4 is 62.2 Å². The number of rotatable bonds is 5. The predicted octanol–water partition coefficient (Wildman–Crippen LogP) is 7.85. The number of fused-ring (bicyclic) bond motifs is 4. The monoisotopic (exact) mass is 747 g/mol. The molecule has 2 fully saturated rings. The van der Waals surface area contributed by atoms with Crippen LogP contribution in [0.25, 0.3) is 5.57 Å². The Bertz CT molecular complexity index is 2150. The van der Waals surface area contributed by atoms with E-state index in [2.05, 4.69) is 15.9 Å². The summed E-state index contributed by atoms with van der Waals surface area (Å²) >= 11 is 9.72. The van der Waals surface area contributed by atoms with Gasteiger partial charge in [0.25, 0.3) is 0 Å². The number of amides is 2. The van der Waals surface area contributed by atoms with Crippen LogP contribution >= 0.6 is 27.5 Å². The summed E-state index contributed by atoms with van der Waals surface area (Å²) in [7, 11) is 1.45. The SMILES string of the molecule is COc1cc(Br)cc([C@H]2C3=CC[C@@H]4C(=O)N(c5ccc(Cl)cc5)C(=O)[C@@H]4[C@@H]3C[C@H]3C(=O)C(c4ccccc4)=CC(=O)[C@@]23c2ccccc2)c1O. The van der Waals surface area contributed by atoms with Crippen LogP contribution in [0.2, 0.25) is 5.02 Å². The quantitative estimate of drug-likeness (QED) is 0.165. The lowest BCUT2D eigenvalue weighted by Gasteiger charge is -2.55. The Morgan fingerprint density at radius 1 is 0.880 bits per heavy atom. The minimum absolute atomic E-state index is 0.159. The summed E-state index contributed by atoms with van der Waals surface area (Å²) in [5.41, 5.74) is 1.66. The van der Waals surface area contributed by atoms with E-state index in [-0.39, 0.29) is 47.7 Å². The maximum Gasteiger partial charge on any atom is 0.238 e. The van der Waals surface area contributed by atoms with Gasteiger partial charge in [0.05, 0.1) is 30.0 Å². The van der Waals surface area contributed by atoms with Crippen molar-refractivity contribution in [3.05, 3.63) is 141 Å². The first-order valence-electron chi connectivity index (χ1n) is 16.5. The zero-order valence-corrected chi connectivity index (χ0v) is 29.2. The summed E-state index contributed by atoms with van der Waals surface area (Å²) in [6.45, 7) is 0. The lowest BCUT2D eigenvalue weighted by molar-refractivity contribution is -0.135. The first-order chi connectivity index (χ1) is 24.2. The van der Waals surface area contributed by atoms with Crippen molar-refractivity contribution in [2.24, 2.45) is 23.7 Å². The van der Waals surface area contributed by atoms with Gasteiger partial charge in [-0.2, -0.15) is 0 Å². The van der Waals surface area contributed by atoms with Gasteiger partial charge in [-0.1, -0.05) is 99.8 Å². The van der Waals surface area contributed by atoms with Crippen LogP contribution in [-0.2, 0) is 24.6 Å². The van der Waals surface area contributed by atoms with Crippen molar-refractivity contribution in [3.63, 3.8) is 0 Å². The average Bonchev–Trinajstić information content (AvgIpc) is 3.39. The second kappa shape index (κ2) is 12.2. The van der Waals surface area contributed by atoms with Gasteiger partial charge in [0, 0.05) is 32.5 Å². The number of ketones is 2. The number of anilines is 1. The Kier molecular flexibility index (Phi) is 7.92. The number of phenolic OH excluding ortho intramolecular Hbond substituents is 1. The molecule has 4 aliphatic rings. The Morgan fingerprint density at radius 2 is 1.56 bits per heavy atom. The summed E-state index contributed by atoms with van der Waals surface area (Å²) in [5, 5.41) is 12.3. The van der Waals surface area contributed by atoms with Gasteiger partial charge in [0.1, 0.15) is 0 Å². The number of phenols is 1. The first kappa shape index (κ1) is 32.4. The summed E-state index contributed by atoms with van der Waals surface area (Å²) in [5.74, 6) is -4.93. The van der Waals surface area contributed by atoms with Gasteiger partial charge >= 0.3 is 0 Å². The first-order valence-corrected chi connectivity index (χ1v) is 17.6. The van der Waals surface area contributed by atoms with Crippen molar-refractivity contribution in [3.8, 4) is 11.5 Å². The highest BCUT2D eigenvalue weighted by atomic mass is 79.9. The number of hydrogen-bond acceptors (Lipinski definition) is 6. The van der Waals surface area contributed by atoms with Crippen molar-refractivity contribution in [1.82, 2.24) is 0 Å². The smallest absolute Gasteiger partial charge is 0.238 e. The molecule has 1 heterocycles. The van der Waals surface area contributed by atoms with E-state index in [9.17, 15) is 14.7 Å². The van der Waals surface area contributed by atoms with Crippen LogP contribution in [-0.4, -0.2) is 35.6 Å². The molecule has 3 aliphatic carbocycles. The fourth-order valence-electron chi connectivity index (χ4n) is 9.03. The van der Waals surface area contributed by atoms with Crippen molar-refractivity contribution in [2.45, 2.75) is 24.2 Å². The molecule has 1 saturated heterocycles. The molecule has 1 saturated carbocycles. The number of hydrogen-bond donors (Lipinski definition) is 1. The van der Waals surface area contributed by atoms with E-state index < -0.39 is 35.0 Å².